The Morgan fingerprint density at radius 2 is 2.14 bits per heavy atom. The predicted octanol–water partition coefficient (Wildman–Crippen LogP) is 1.16. The van der Waals surface area contributed by atoms with E-state index < -0.39 is 6.10 Å². The highest BCUT2D eigenvalue weighted by molar-refractivity contribution is 5.75. The first-order chi connectivity index (χ1) is 10.0. The first-order valence-corrected chi connectivity index (χ1v) is 7.38. The molecule has 0 saturated heterocycles. The molecule has 1 rings (SSSR count). The normalized spacial score (nSPS) is 12.0. The third kappa shape index (κ3) is 7.11. The Hall–Kier alpha value is -1.59. The van der Waals surface area contributed by atoms with Crippen molar-refractivity contribution in [3.05, 3.63) is 29.3 Å². The van der Waals surface area contributed by atoms with E-state index in [-0.39, 0.29) is 12.5 Å². The van der Waals surface area contributed by atoms with Gasteiger partial charge in [-0.3, -0.25) is 4.79 Å². The zero-order valence-corrected chi connectivity index (χ0v) is 13.1. The molecule has 0 aliphatic heterocycles. The molecule has 5 heteroatoms. The molecule has 21 heavy (non-hydrogen) atoms. The second-order valence-corrected chi connectivity index (χ2v) is 5.14. The van der Waals surface area contributed by atoms with Crippen LogP contribution in [0.1, 0.15) is 24.5 Å². The molecule has 0 radical (unpaired) electrons. The van der Waals surface area contributed by atoms with Crippen molar-refractivity contribution in [1.82, 2.24) is 10.6 Å². The summed E-state index contributed by atoms with van der Waals surface area (Å²) in [5.74, 6) is 0.813. The standard InChI is InChI=1S/C16H26N2O3/c1-4-18-16(20)7-8-17-10-14(19)11-21-15-6-5-12(2)9-13(15)3/h5-6,9,14,17,19H,4,7-8,10-11H2,1-3H3,(H,18,20). The summed E-state index contributed by atoms with van der Waals surface area (Å²) in [6.07, 6.45) is -0.182. The van der Waals surface area contributed by atoms with Crippen LogP contribution in [0, 0.1) is 13.8 Å². The average Bonchev–Trinajstić information content (AvgIpc) is 2.43. The highest BCUT2D eigenvalue weighted by Gasteiger charge is 2.07. The van der Waals surface area contributed by atoms with E-state index in [9.17, 15) is 9.90 Å². The summed E-state index contributed by atoms with van der Waals surface area (Å²) in [5.41, 5.74) is 2.25. The lowest BCUT2D eigenvalue weighted by molar-refractivity contribution is -0.120. The highest BCUT2D eigenvalue weighted by Crippen LogP contribution is 2.18. The Morgan fingerprint density at radius 3 is 2.81 bits per heavy atom. The van der Waals surface area contributed by atoms with E-state index in [4.69, 9.17) is 4.74 Å². The molecule has 0 aromatic heterocycles. The first-order valence-electron chi connectivity index (χ1n) is 7.38. The summed E-state index contributed by atoms with van der Waals surface area (Å²) in [4.78, 5) is 11.2. The van der Waals surface area contributed by atoms with E-state index >= 15 is 0 Å². The topological polar surface area (TPSA) is 70.6 Å². The van der Waals surface area contributed by atoms with Crippen molar-refractivity contribution in [2.75, 3.05) is 26.2 Å². The molecule has 1 aromatic rings. The van der Waals surface area contributed by atoms with E-state index in [0.29, 0.717) is 26.1 Å². The smallest absolute Gasteiger partial charge is 0.221 e. The van der Waals surface area contributed by atoms with Gasteiger partial charge in [0, 0.05) is 26.1 Å². The van der Waals surface area contributed by atoms with E-state index in [0.717, 1.165) is 11.3 Å². The van der Waals surface area contributed by atoms with E-state index in [1.54, 1.807) is 0 Å². The second kappa shape index (κ2) is 9.37. The molecule has 0 aliphatic carbocycles. The molecule has 0 heterocycles. The fourth-order valence-corrected chi connectivity index (χ4v) is 1.96. The Balaban J connectivity index is 2.19. The van der Waals surface area contributed by atoms with Gasteiger partial charge in [-0.1, -0.05) is 17.7 Å². The molecule has 0 spiro atoms. The fourth-order valence-electron chi connectivity index (χ4n) is 1.96. The number of ether oxygens (including phenoxy) is 1. The minimum absolute atomic E-state index is 0.0195. The Morgan fingerprint density at radius 1 is 1.38 bits per heavy atom. The van der Waals surface area contributed by atoms with Crippen LogP contribution in [0.3, 0.4) is 0 Å². The number of aliphatic hydroxyl groups is 1. The molecular weight excluding hydrogens is 268 g/mol. The van der Waals surface area contributed by atoms with Crippen molar-refractivity contribution in [1.29, 1.82) is 0 Å². The molecule has 5 nitrogen and oxygen atoms in total. The van der Waals surface area contributed by atoms with E-state index in [1.165, 1.54) is 5.56 Å². The molecule has 0 bridgehead atoms. The van der Waals surface area contributed by atoms with Crippen molar-refractivity contribution in [2.24, 2.45) is 0 Å². The van der Waals surface area contributed by atoms with Gasteiger partial charge in [0.25, 0.3) is 0 Å². The minimum atomic E-state index is -0.597. The number of benzene rings is 1. The van der Waals surface area contributed by atoms with Crippen molar-refractivity contribution in [3.63, 3.8) is 0 Å². The van der Waals surface area contributed by atoms with Gasteiger partial charge in [0.2, 0.25) is 5.91 Å². The molecule has 1 amide bonds. The van der Waals surface area contributed by atoms with Gasteiger partial charge in [0.15, 0.2) is 0 Å². The van der Waals surface area contributed by atoms with Crippen LogP contribution in [-0.4, -0.2) is 43.4 Å². The number of nitrogens with one attached hydrogen (secondary N) is 2. The lowest BCUT2D eigenvalue weighted by Gasteiger charge is -2.14. The van der Waals surface area contributed by atoms with Gasteiger partial charge in [0.05, 0.1) is 0 Å². The molecule has 3 N–H and O–H groups in total. The Labute approximate surface area is 126 Å². The van der Waals surface area contributed by atoms with Gasteiger partial charge < -0.3 is 20.5 Å². The highest BCUT2D eigenvalue weighted by atomic mass is 16.5. The van der Waals surface area contributed by atoms with Crippen LogP contribution in [0.2, 0.25) is 0 Å². The molecule has 1 atom stereocenters. The maximum Gasteiger partial charge on any atom is 0.221 e. The van der Waals surface area contributed by atoms with Crippen molar-refractivity contribution >= 4 is 5.91 Å². The van der Waals surface area contributed by atoms with Crippen molar-refractivity contribution in [3.8, 4) is 5.75 Å². The molecule has 1 aromatic carbocycles. The van der Waals surface area contributed by atoms with Gasteiger partial charge in [-0.15, -0.1) is 0 Å². The number of hydrogen-bond acceptors (Lipinski definition) is 4. The fraction of sp³-hybridized carbons (Fsp3) is 0.562. The molecule has 0 saturated carbocycles. The summed E-state index contributed by atoms with van der Waals surface area (Å²) in [7, 11) is 0. The molecule has 1 unspecified atom stereocenters. The monoisotopic (exact) mass is 294 g/mol. The SMILES string of the molecule is CCNC(=O)CCNCC(O)COc1ccc(C)cc1C. The number of aryl methyl sites for hydroxylation is 2. The maximum atomic E-state index is 11.2. The van der Waals surface area contributed by atoms with Gasteiger partial charge in [-0.05, 0) is 32.4 Å². The lowest BCUT2D eigenvalue weighted by Crippen LogP contribution is -2.34. The van der Waals surface area contributed by atoms with Crippen LogP contribution in [0.5, 0.6) is 5.75 Å². The summed E-state index contributed by atoms with van der Waals surface area (Å²) < 4.78 is 5.60. The Bertz CT molecular complexity index is 449. The van der Waals surface area contributed by atoms with Crippen LogP contribution in [0.4, 0.5) is 0 Å². The first kappa shape index (κ1) is 17.5. The number of rotatable bonds is 9. The number of hydrogen-bond donors (Lipinski definition) is 3. The second-order valence-electron chi connectivity index (χ2n) is 5.14. The van der Waals surface area contributed by atoms with Gasteiger partial charge in [-0.2, -0.15) is 0 Å². The van der Waals surface area contributed by atoms with Crippen LogP contribution < -0.4 is 15.4 Å². The van der Waals surface area contributed by atoms with Crippen LogP contribution in [0.15, 0.2) is 18.2 Å². The third-order valence-electron chi connectivity index (χ3n) is 3.04. The molecule has 0 fully saturated rings. The van der Waals surface area contributed by atoms with Crippen molar-refractivity contribution in [2.45, 2.75) is 33.3 Å². The van der Waals surface area contributed by atoms with Gasteiger partial charge >= 0.3 is 0 Å². The van der Waals surface area contributed by atoms with Gasteiger partial charge in [-0.25, -0.2) is 0 Å². The summed E-state index contributed by atoms with van der Waals surface area (Å²) in [6, 6.07) is 5.95. The quantitative estimate of drug-likeness (QED) is 0.598. The summed E-state index contributed by atoms with van der Waals surface area (Å²) >= 11 is 0. The third-order valence-corrected chi connectivity index (χ3v) is 3.04. The van der Waals surface area contributed by atoms with Crippen LogP contribution >= 0.6 is 0 Å². The summed E-state index contributed by atoms with van der Waals surface area (Å²) in [5, 5.41) is 15.6. The predicted molar refractivity (Wildman–Crippen MR) is 83.6 cm³/mol. The lowest BCUT2D eigenvalue weighted by atomic mass is 10.1. The zero-order chi connectivity index (χ0) is 15.7. The number of carbonyl (C=O) groups excluding carboxylic acids is 1. The van der Waals surface area contributed by atoms with Crippen LogP contribution in [0.25, 0.3) is 0 Å². The van der Waals surface area contributed by atoms with Gasteiger partial charge in [0.1, 0.15) is 18.5 Å². The van der Waals surface area contributed by atoms with Crippen molar-refractivity contribution < 1.29 is 14.6 Å². The molecular formula is C16H26N2O3. The van der Waals surface area contributed by atoms with Crippen LogP contribution in [-0.2, 0) is 4.79 Å². The number of carbonyl (C=O) groups is 1. The Kier molecular flexibility index (Phi) is 7.79. The zero-order valence-electron chi connectivity index (χ0n) is 13.1. The van der Waals surface area contributed by atoms with E-state index in [1.807, 2.05) is 39.0 Å². The van der Waals surface area contributed by atoms with E-state index in [2.05, 4.69) is 10.6 Å². The number of amides is 1. The maximum absolute atomic E-state index is 11.2. The molecule has 0 aliphatic rings. The molecule has 118 valence electrons. The average molecular weight is 294 g/mol. The minimum Gasteiger partial charge on any atom is -0.491 e. The summed E-state index contributed by atoms with van der Waals surface area (Å²) in [6.45, 7) is 7.74. The number of aliphatic hydroxyl groups excluding tert-OH is 1. The largest absolute Gasteiger partial charge is 0.491 e.